The molecule has 126 valence electrons. The molecule has 0 spiro atoms. The molecule has 1 heterocycles. The van der Waals surface area contributed by atoms with E-state index in [1.807, 2.05) is 0 Å². The van der Waals surface area contributed by atoms with Gasteiger partial charge in [0.25, 0.3) is 17.5 Å². The van der Waals surface area contributed by atoms with Crippen LogP contribution in [0.15, 0.2) is 52.7 Å². The third-order valence-electron chi connectivity index (χ3n) is 3.70. The van der Waals surface area contributed by atoms with Crippen LogP contribution in [-0.4, -0.2) is 23.3 Å². The standard InChI is InChI=1S/C16H11ClN4O4/c17-13-6-5-9(21(24)25)7-12(13)15(22)18-8-14-10-3-1-2-4-11(10)16(23)20-19-14/h1-7,14H,8H2,(H,18,22). The van der Waals surface area contributed by atoms with Gasteiger partial charge >= 0.3 is 0 Å². The molecule has 0 aliphatic carbocycles. The predicted octanol–water partition coefficient (Wildman–Crippen LogP) is 3.33. The maximum Gasteiger partial charge on any atom is 0.295 e. The third-order valence-corrected chi connectivity index (χ3v) is 4.03. The Morgan fingerprint density at radius 1 is 1.28 bits per heavy atom. The van der Waals surface area contributed by atoms with Crippen LogP contribution in [0, 0.1) is 10.1 Å². The monoisotopic (exact) mass is 358 g/mol. The van der Waals surface area contributed by atoms with Crippen LogP contribution in [0.2, 0.25) is 5.02 Å². The number of non-ortho nitro benzene ring substituents is 1. The Balaban J connectivity index is 1.77. The van der Waals surface area contributed by atoms with Crippen molar-refractivity contribution >= 4 is 29.1 Å². The van der Waals surface area contributed by atoms with Crippen molar-refractivity contribution in [3.05, 3.63) is 74.3 Å². The number of hydrogen-bond donors (Lipinski definition) is 1. The first-order valence-electron chi connectivity index (χ1n) is 7.23. The van der Waals surface area contributed by atoms with Crippen LogP contribution in [0.25, 0.3) is 0 Å². The Bertz CT molecular complexity index is 913. The van der Waals surface area contributed by atoms with Gasteiger partial charge in [-0.25, -0.2) is 0 Å². The highest BCUT2D eigenvalue weighted by atomic mass is 35.5. The van der Waals surface area contributed by atoms with Crippen LogP contribution in [-0.2, 0) is 0 Å². The van der Waals surface area contributed by atoms with E-state index in [1.54, 1.807) is 24.3 Å². The number of halogens is 1. The summed E-state index contributed by atoms with van der Waals surface area (Å²) in [5.74, 6) is -1.00. The van der Waals surface area contributed by atoms with Crippen molar-refractivity contribution in [2.45, 2.75) is 6.04 Å². The van der Waals surface area contributed by atoms with Gasteiger partial charge in [-0.15, -0.1) is 5.11 Å². The maximum absolute atomic E-state index is 12.3. The lowest BCUT2D eigenvalue weighted by atomic mass is 9.99. The Morgan fingerprint density at radius 3 is 2.80 bits per heavy atom. The summed E-state index contributed by atoms with van der Waals surface area (Å²) < 4.78 is 0. The molecule has 0 saturated carbocycles. The number of hydrogen-bond acceptors (Lipinski definition) is 5. The second-order valence-corrected chi connectivity index (χ2v) is 5.66. The summed E-state index contributed by atoms with van der Waals surface area (Å²) in [7, 11) is 0. The molecule has 2 aromatic rings. The zero-order valence-electron chi connectivity index (χ0n) is 12.7. The molecule has 8 nitrogen and oxygen atoms in total. The summed E-state index contributed by atoms with van der Waals surface area (Å²) in [5.41, 5.74) is 0.855. The van der Waals surface area contributed by atoms with Crippen molar-refractivity contribution in [1.82, 2.24) is 5.32 Å². The molecule has 9 heteroatoms. The molecule has 1 aliphatic heterocycles. The molecule has 1 aliphatic rings. The maximum atomic E-state index is 12.3. The van der Waals surface area contributed by atoms with Gasteiger partial charge in [0.05, 0.1) is 15.5 Å². The highest BCUT2D eigenvalue weighted by Gasteiger charge is 2.24. The van der Waals surface area contributed by atoms with Crippen molar-refractivity contribution in [3.63, 3.8) is 0 Å². The predicted molar refractivity (Wildman–Crippen MR) is 88.8 cm³/mol. The summed E-state index contributed by atoms with van der Waals surface area (Å²) in [6.45, 7) is 0.0750. The lowest BCUT2D eigenvalue weighted by Crippen LogP contribution is -2.29. The minimum Gasteiger partial charge on any atom is -0.349 e. The van der Waals surface area contributed by atoms with Gasteiger partial charge in [-0.05, 0) is 17.7 Å². The van der Waals surface area contributed by atoms with Gasteiger partial charge in [0, 0.05) is 24.2 Å². The first-order chi connectivity index (χ1) is 12.0. The average molecular weight is 359 g/mol. The second kappa shape index (κ2) is 6.78. The fourth-order valence-corrected chi connectivity index (χ4v) is 2.66. The van der Waals surface area contributed by atoms with Gasteiger partial charge < -0.3 is 5.32 Å². The number of azo groups is 1. The fourth-order valence-electron chi connectivity index (χ4n) is 2.46. The highest BCUT2D eigenvalue weighted by molar-refractivity contribution is 6.33. The summed E-state index contributed by atoms with van der Waals surface area (Å²) in [5, 5.41) is 21.0. The summed E-state index contributed by atoms with van der Waals surface area (Å²) in [4.78, 5) is 34.2. The molecule has 2 aromatic carbocycles. The normalized spacial score (nSPS) is 15.6. The van der Waals surface area contributed by atoms with Gasteiger partial charge in [-0.2, -0.15) is 5.11 Å². The topological polar surface area (TPSA) is 114 Å². The van der Waals surface area contributed by atoms with Crippen LogP contribution in [0.4, 0.5) is 5.69 Å². The van der Waals surface area contributed by atoms with E-state index in [0.717, 1.165) is 6.07 Å². The number of fused-ring (bicyclic) bond motifs is 1. The first-order valence-corrected chi connectivity index (χ1v) is 7.61. The van der Waals surface area contributed by atoms with Crippen LogP contribution in [0.5, 0.6) is 0 Å². The number of nitro groups is 1. The molecule has 2 amide bonds. The minimum atomic E-state index is -0.607. The van der Waals surface area contributed by atoms with Gasteiger partial charge in [0.2, 0.25) is 0 Å². The lowest BCUT2D eigenvalue weighted by molar-refractivity contribution is -0.384. The van der Waals surface area contributed by atoms with Crippen LogP contribution in [0.3, 0.4) is 0 Å². The van der Waals surface area contributed by atoms with E-state index in [1.165, 1.54) is 12.1 Å². The lowest BCUT2D eigenvalue weighted by Gasteiger charge is -2.18. The average Bonchev–Trinajstić information content (AvgIpc) is 2.61. The van der Waals surface area contributed by atoms with Crippen LogP contribution >= 0.6 is 11.6 Å². The molecule has 0 bridgehead atoms. The molecule has 25 heavy (non-hydrogen) atoms. The van der Waals surface area contributed by atoms with Gasteiger partial charge in [-0.1, -0.05) is 29.8 Å². The van der Waals surface area contributed by atoms with E-state index in [2.05, 4.69) is 15.5 Å². The summed E-state index contributed by atoms with van der Waals surface area (Å²) in [6.07, 6.45) is 0. The fraction of sp³-hybridized carbons (Fsp3) is 0.125. The number of nitro benzene ring substituents is 1. The van der Waals surface area contributed by atoms with Gasteiger partial charge in [0.1, 0.15) is 6.04 Å². The van der Waals surface area contributed by atoms with Crippen molar-refractivity contribution < 1.29 is 14.5 Å². The van der Waals surface area contributed by atoms with Gasteiger partial charge in [-0.3, -0.25) is 19.7 Å². The van der Waals surface area contributed by atoms with E-state index in [4.69, 9.17) is 11.6 Å². The Morgan fingerprint density at radius 2 is 2.04 bits per heavy atom. The zero-order valence-corrected chi connectivity index (χ0v) is 13.4. The van der Waals surface area contributed by atoms with Crippen molar-refractivity contribution in [2.75, 3.05) is 6.54 Å². The quantitative estimate of drug-likeness (QED) is 0.666. The molecule has 1 N–H and O–H groups in total. The minimum absolute atomic E-state index is 0.00650. The molecule has 1 atom stereocenters. The molecule has 0 fully saturated rings. The molecule has 0 radical (unpaired) electrons. The van der Waals surface area contributed by atoms with E-state index in [-0.39, 0.29) is 22.8 Å². The van der Waals surface area contributed by atoms with Crippen molar-refractivity contribution in [1.29, 1.82) is 0 Å². The molecule has 1 unspecified atom stereocenters. The van der Waals surface area contributed by atoms with Crippen LogP contribution < -0.4 is 5.32 Å². The Hall–Kier alpha value is -3.13. The highest BCUT2D eigenvalue weighted by Crippen LogP contribution is 2.27. The molecular formula is C16H11ClN4O4. The number of carbonyl (C=O) groups excluding carboxylic acids is 2. The SMILES string of the molecule is O=C(NCC1N=NC(=O)c2ccccc21)c1cc([N+](=O)[O-])ccc1Cl. The molecule has 3 rings (SSSR count). The molecule has 0 aromatic heterocycles. The van der Waals surface area contributed by atoms with E-state index in [9.17, 15) is 19.7 Å². The van der Waals surface area contributed by atoms with E-state index in [0.29, 0.717) is 11.1 Å². The second-order valence-electron chi connectivity index (χ2n) is 5.25. The smallest absolute Gasteiger partial charge is 0.295 e. The number of nitrogens with one attached hydrogen (secondary N) is 1. The zero-order chi connectivity index (χ0) is 18.0. The molecular weight excluding hydrogens is 348 g/mol. The largest absolute Gasteiger partial charge is 0.349 e. The van der Waals surface area contributed by atoms with Crippen LogP contribution in [0.1, 0.15) is 32.3 Å². The number of benzene rings is 2. The number of nitrogens with zero attached hydrogens (tertiary/aromatic N) is 3. The van der Waals surface area contributed by atoms with Crippen molar-refractivity contribution in [2.24, 2.45) is 10.2 Å². The summed E-state index contributed by atoms with van der Waals surface area (Å²) in [6, 6.07) is 9.96. The van der Waals surface area contributed by atoms with Crippen molar-refractivity contribution in [3.8, 4) is 0 Å². The Kier molecular flexibility index (Phi) is 4.53. The number of rotatable bonds is 4. The third kappa shape index (κ3) is 3.38. The first kappa shape index (κ1) is 16.7. The number of carbonyl (C=O) groups is 2. The Labute approximate surface area is 146 Å². The van der Waals surface area contributed by atoms with Gasteiger partial charge in [0.15, 0.2) is 0 Å². The van der Waals surface area contributed by atoms with E-state index < -0.39 is 22.8 Å². The summed E-state index contributed by atoms with van der Waals surface area (Å²) >= 11 is 5.95. The number of amides is 2. The molecule has 0 saturated heterocycles. The van der Waals surface area contributed by atoms with E-state index >= 15 is 0 Å².